The summed E-state index contributed by atoms with van der Waals surface area (Å²) in [6.07, 6.45) is 0.434. The van der Waals surface area contributed by atoms with Gasteiger partial charge in [-0.3, -0.25) is 14.8 Å². The summed E-state index contributed by atoms with van der Waals surface area (Å²) in [5, 5.41) is 17.3. The number of likely N-dealkylation sites (N-methyl/N-ethyl adjacent to an activating group) is 1. The summed E-state index contributed by atoms with van der Waals surface area (Å²) < 4.78 is 6.18. The fraction of sp³-hybridized carbons (Fsp3) is 0.421. The van der Waals surface area contributed by atoms with Crippen molar-refractivity contribution in [1.29, 1.82) is 0 Å². The lowest BCUT2D eigenvalue weighted by atomic mass is 10.1. The summed E-state index contributed by atoms with van der Waals surface area (Å²) in [4.78, 5) is 29.3. The van der Waals surface area contributed by atoms with Gasteiger partial charge in [-0.2, -0.15) is 5.10 Å². The minimum Gasteiger partial charge on any atom is -0.497 e. The van der Waals surface area contributed by atoms with Crippen LogP contribution < -0.4 is 16.0 Å². The molecule has 2 heterocycles. The van der Waals surface area contributed by atoms with E-state index in [1.165, 1.54) is 0 Å². The van der Waals surface area contributed by atoms with Crippen molar-refractivity contribution in [3.63, 3.8) is 0 Å². The molecule has 1 fully saturated rings. The number of aromatic amines is 1. The molecule has 3 rings (SSSR count). The topological polar surface area (TPSA) is 103 Å². The van der Waals surface area contributed by atoms with Gasteiger partial charge in [-0.25, -0.2) is 9.36 Å². The number of hydrogen-bond donors (Lipinski definition) is 2. The lowest BCUT2D eigenvalue weighted by Gasteiger charge is -2.31. The fourth-order valence-corrected chi connectivity index (χ4v) is 3.12. The van der Waals surface area contributed by atoms with Crippen molar-refractivity contribution >= 4 is 5.71 Å². The van der Waals surface area contributed by atoms with Crippen LogP contribution in [0.3, 0.4) is 0 Å². The molecule has 9 heteroatoms. The maximum Gasteiger partial charge on any atom is 0.335 e. The molecule has 2 aromatic rings. The standard InChI is InChI=1S/C19H25N5O4/c1-4-15(21-23-11-9-22(2)10-12-23)16-17(25)20-19(27)24(18(16)26)13-5-7-14(28-3)8-6-13/h5-8,26H,4,9-12H2,1-3H3,(H,20,25,27). The van der Waals surface area contributed by atoms with Crippen molar-refractivity contribution in [2.75, 3.05) is 40.3 Å². The summed E-state index contributed by atoms with van der Waals surface area (Å²) in [5.74, 6) is 0.195. The summed E-state index contributed by atoms with van der Waals surface area (Å²) in [7, 11) is 3.59. The molecule has 2 N–H and O–H groups in total. The third-order valence-electron chi connectivity index (χ3n) is 4.78. The van der Waals surface area contributed by atoms with Crippen LogP contribution in [-0.2, 0) is 0 Å². The van der Waals surface area contributed by atoms with Gasteiger partial charge in [-0.05, 0) is 37.7 Å². The Morgan fingerprint density at radius 3 is 2.39 bits per heavy atom. The van der Waals surface area contributed by atoms with E-state index >= 15 is 0 Å². The van der Waals surface area contributed by atoms with Crippen molar-refractivity contribution in [2.24, 2.45) is 5.10 Å². The van der Waals surface area contributed by atoms with Crippen LogP contribution in [0.15, 0.2) is 39.0 Å². The smallest absolute Gasteiger partial charge is 0.335 e. The molecule has 1 aromatic heterocycles. The Morgan fingerprint density at radius 1 is 1.18 bits per heavy atom. The van der Waals surface area contributed by atoms with Gasteiger partial charge in [-0.1, -0.05) is 6.92 Å². The number of ether oxygens (including phenoxy) is 1. The average molecular weight is 387 g/mol. The summed E-state index contributed by atoms with van der Waals surface area (Å²) in [5.41, 5.74) is -0.508. The van der Waals surface area contributed by atoms with Gasteiger partial charge in [-0.15, -0.1) is 0 Å². The molecular weight excluding hydrogens is 362 g/mol. The molecule has 1 aromatic carbocycles. The molecular formula is C19H25N5O4. The Kier molecular flexibility index (Phi) is 5.84. The lowest BCUT2D eigenvalue weighted by Crippen LogP contribution is -2.42. The molecule has 9 nitrogen and oxygen atoms in total. The third-order valence-corrected chi connectivity index (χ3v) is 4.78. The molecule has 0 unspecified atom stereocenters. The molecule has 0 atom stereocenters. The van der Waals surface area contributed by atoms with Crippen molar-refractivity contribution in [3.8, 4) is 17.3 Å². The second-order valence-corrected chi connectivity index (χ2v) is 6.65. The number of methoxy groups -OCH3 is 1. The molecule has 1 aliphatic heterocycles. The molecule has 0 saturated carbocycles. The average Bonchev–Trinajstić information content (AvgIpc) is 2.69. The number of nitrogens with zero attached hydrogens (tertiary/aromatic N) is 4. The molecule has 0 radical (unpaired) electrons. The van der Waals surface area contributed by atoms with Crippen LogP contribution in [-0.4, -0.2) is 70.6 Å². The Balaban J connectivity index is 2.07. The normalized spacial score (nSPS) is 15.7. The summed E-state index contributed by atoms with van der Waals surface area (Å²) in [6, 6.07) is 6.60. The quantitative estimate of drug-likeness (QED) is 0.729. The molecule has 0 amide bonds. The first kappa shape index (κ1) is 19.7. The SMILES string of the molecule is CCC(=NN1CCN(C)CC1)c1c(O)n(-c2ccc(OC)cc2)c(=O)[nH]c1=O. The van der Waals surface area contributed by atoms with E-state index < -0.39 is 17.1 Å². The molecule has 28 heavy (non-hydrogen) atoms. The highest BCUT2D eigenvalue weighted by molar-refractivity contribution is 6.01. The predicted molar refractivity (Wildman–Crippen MR) is 107 cm³/mol. The van der Waals surface area contributed by atoms with E-state index in [0.29, 0.717) is 23.6 Å². The Morgan fingerprint density at radius 2 is 1.82 bits per heavy atom. The third kappa shape index (κ3) is 3.94. The van der Waals surface area contributed by atoms with Crippen LogP contribution in [0.25, 0.3) is 5.69 Å². The van der Waals surface area contributed by atoms with E-state index in [2.05, 4.69) is 15.0 Å². The largest absolute Gasteiger partial charge is 0.497 e. The summed E-state index contributed by atoms with van der Waals surface area (Å²) >= 11 is 0. The number of hydrogen-bond acceptors (Lipinski definition) is 7. The fourth-order valence-electron chi connectivity index (χ4n) is 3.12. The Labute approximate surface area is 162 Å². The van der Waals surface area contributed by atoms with E-state index in [1.54, 1.807) is 31.4 Å². The molecule has 1 saturated heterocycles. The highest BCUT2D eigenvalue weighted by Gasteiger charge is 2.21. The summed E-state index contributed by atoms with van der Waals surface area (Å²) in [6.45, 7) is 5.06. The van der Waals surface area contributed by atoms with E-state index in [9.17, 15) is 14.7 Å². The first-order chi connectivity index (χ1) is 13.4. The minimum absolute atomic E-state index is 0.0110. The molecule has 0 bridgehead atoms. The number of benzene rings is 1. The van der Waals surface area contributed by atoms with E-state index in [1.807, 2.05) is 19.0 Å². The zero-order chi connectivity index (χ0) is 20.3. The van der Waals surface area contributed by atoms with Crippen LogP contribution in [0.4, 0.5) is 0 Å². The first-order valence-electron chi connectivity index (χ1n) is 9.18. The molecule has 150 valence electrons. The number of aromatic nitrogens is 2. The predicted octanol–water partition coefficient (Wildman–Crippen LogP) is 0.602. The zero-order valence-electron chi connectivity index (χ0n) is 16.3. The number of hydrazone groups is 1. The second-order valence-electron chi connectivity index (χ2n) is 6.65. The number of aromatic hydroxyl groups is 1. The minimum atomic E-state index is -0.716. The Hall–Kier alpha value is -3.07. The second kappa shape index (κ2) is 8.30. The van der Waals surface area contributed by atoms with E-state index in [4.69, 9.17) is 4.74 Å². The molecule has 0 aliphatic carbocycles. The highest BCUT2D eigenvalue weighted by atomic mass is 16.5. The highest BCUT2D eigenvalue weighted by Crippen LogP contribution is 2.20. The van der Waals surface area contributed by atoms with Crippen LogP contribution in [0.2, 0.25) is 0 Å². The van der Waals surface area contributed by atoms with E-state index in [0.717, 1.165) is 30.7 Å². The van der Waals surface area contributed by atoms with Crippen molar-refractivity contribution in [1.82, 2.24) is 19.5 Å². The van der Waals surface area contributed by atoms with Gasteiger partial charge in [0.25, 0.3) is 5.56 Å². The van der Waals surface area contributed by atoms with Gasteiger partial charge in [0.05, 0.1) is 18.5 Å². The van der Waals surface area contributed by atoms with Crippen LogP contribution in [0.1, 0.15) is 18.9 Å². The van der Waals surface area contributed by atoms with Gasteiger partial charge in [0.1, 0.15) is 11.3 Å². The number of H-pyrrole nitrogens is 1. The van der Waals surface area contributed by atoms with Gasteiger partial charge in [0.15, 0.2) is 0 Å². The van der Waals surface area contributed by atoms with Crippen LogP contribution in [0.5, 0.6) is 11.6 Å². The maximum absolute atomic E-state index is 12.5. The van der Waals surface area contributed by atoms with Gasteiger partial charge in [0.2, 0.25) is 5.88 Å². The maximum atomic E-state index is 12.5. The first-order valence-corrected chi connectivity index (χ1v) is 9.18. The number of rotatable bonds is 5. The van der Waals surface area contributed by atoms with Crippen LogP contribution in [0, 0.1) is 0 Å². The monoisotopic (exact) mass is 387 g/mol. The molecule has 1 aliphatic rings. The lowest BCUT2D eigenvalue weighted by molar-refractivity contribution is 0.159. The van der Waals surface area contributed by atoms with Crippen molar-refractivity contribution in [3.05, 3.63) is 50.7 Å². The van der Waals surface area contributed by atoms with Gasteiger partial charge >= 0.3 is 5.69 Å². The number of nitrogens with one attached hydrogen (secondary N) is 1. The van der Waals surface area contributed by atoms with Crippen molar-refractivity contribution < 1.29 is 9.84 Å². The van der Waals surface area contributed by atoms with Crippen molar-refractivity contribution in [2.45, 2.75) is 13.3 Å². The number of piperazine rings is 1. The van der Waals surface area contributed by atoms with Gasteiger partial charge < -0.3 is 14.7 Å². The van der Waals surface area contributed by atoms with E-state index in [-0.39, 0.29) is 5.56 Å². The molecule has 0 spiro atoms. The van der Waals surface area contributed by atoms with Gasteiger partial charge in [0, 0.05) is 26.2 Å². The zero-order valence-corrected chi connectivity index (χ0v) is 16.3. The Bertz CT molecular complexity index is 969. The van der Waals surface area contributed by atoms with Crippen LogP contribution >= 0.6 is 0 Å².